The summed E-state index contributed by atoms with van der Waals surface area (Å²) < 4.78 is 2.08. The largest absolute Gasteiger partial charge is 0.352 e. The van der Waals surface area contributed by atoms with Crippen LogP contribution in [0.3, 0.4) is 0 Å². The summed E-state index contributed by atoms with van der Waals surface area (Å²) in [4.78, 5) is 11.8. The standard InChI is InChI=1S/C15H21N3O/c1-11(8-16)7-15(19)17-9-12-10-18(2)14-6-4-3-5-13(12)14/h3-6,10-11H,7-9,16H2,1-2H3,(H,17,19). The summed E-state index contributed by atoms with van der Waals surface area (Å²) >= 11 is 0. The van der Waals surface area contributed by atoms with Gasteiger partial charge in [0, 0.05) is 37.1 Å². The highest BCUT2D eigenvalue weighted by Crippen LogP contribution is 2.19. The minimum Gasteiger partial charge on any atom is -0.352 e. The van der Waals surface area contributed by atoms with Gasteiger partial charge in [-0.25, -0.2) is 0 Å². The molecule has 0 aliphatic rings. The van der Waals surface area contributed by atoms with Gasteiger partial charge in [-0.1, -0.05) is 25.1 Å². The fourth-order valence-electron chi connectivity index (χ4n) is 2.23. The van der Waals surface area contributed by atoms with Gasteiger partial charge in [0.25, 0.3) is 0 Å². The molecule has 1 atom stereocenters. The van der Waals surface area contributed by atoms with E-state index in [0.717, 1.165) is 5.56 Å². The molecule has 1 heterocycles. The predicted octanol–water partition coefficient (Wildman–Crippen LogP) is 1.78. The van der Waals surface area contributed by atoms with Gasteiger partial charge in [-0.05, 0) is 24.1 Å². The molecular formula is C15H21N3O. The number of hydrogen-bond donors (Lipinski definition) is 2. The van der Waals surface area contributed by atoms with Crippen molar-refractivity contribution in [1.29, 1.82) is 0 Å². The van der Waals surface area contributed by atoms with Crippen molar-refractivity contribution in [2.75, 3.05) is 6.54 Å². The Morgan fingerprint density at radius 1 is 1.42 bits per heavy atom. The van der Waals surface area contributed by atoms with Crippen LogP contribution < -0.4 is 11.1 Å². The van der Waals surface area contributed by atoms with Crippen LogP contribution in [-0.2, 0) is 18.4 Å². The normalized spacial score (nSPS) is 12.6. The van der Waals surface area contributed by atoms with Crippen LogP contribution in [0.15, 0.2) is 30.5 Å². The van der Waals surface area contributed by atoms with Crippen molar-refractivity contribution >= 4 is 16.8 Å². The molecular weight excluding hydrogens is 238 g/mol. The lowest BCUT2D eigenvalue weighted by atomic mass is 10.1. The third-order valence-corrected chi connectivity index (χ3v) is 3.39. The highest BCUT2D eigenvalue weighted by atomic mass is 16.1. The van der Waals surface area contributed by atoms with Crippen LogP contribution in [-0.4, -0.2) is 17.0 Å². The summed E-state index contributed by atoms with van der Waals surface area (Å²) in [7, 11) is 2.02. The van der Waals surface area contributed by atoms with Gasteiger partial charge in [0.2, 0.25) is 5.91 Å². The number of rotatable bonds is 5. The molecule has 0 bridgehead atoms. The Hall–Kier alpha value is -1.81. The number of benzene rings is 1. The Balaban J connectivity index is 2.04. The summed E-state index contributed by atoms with van der Waals surface area (Å²) in [6.07, 6.45) is 2.55. The second kappa shape index (κ2) is 5.89. The molecule has 0 spiro atoms. The topological polar surface area (TPSA) is 60.1 Å². The highest BCUT2D eigenvalue weighted by molar-refractivity contribution is 5.84. The smallest absolute Gasteiger partial charge is 0.220 e. The number of carbonyl (C=O) groups is 1. The minimum absolute atomic E-state index is 0.0610. The molecule has 0 radical (unpaired) electrons. The molecule has 102 valence electrons. The van der Waals surface area contributed by atoms with Crippen LogP contribution in [0.1, 0.15) is 18.9 Å². The summed E-state index contributed by atoms with van der Waals surface area (Å²) in [5.41, 5.74) is 7.85. The second-order valence-electron chi connectivity index (χ2n) is 5.10. The molecule has 4 heteroatoms. The van der Waals surface area contributed by atoms with Crippen LogP contribution in [0, 0.1) is 5.92 Å². The van der Waals surface area contributed by atoms with Crippen molar-refractivity contribution in [3.63, 3.8) is 0 Å². The van der Waals surface area contributed by atoms with Crippen LogP contribution in [0.25, 0.3) is 10.9 Å². The van der Waals surface area contributed by atoms with Crippen molar-refractivity contribution in [1.82, 2.24) is 9.88 Å². The molecule has 2 aromatic rings. The maximum atomic E-state index is 11.8. The Morgan fingerprint density at radius 2 is 2.16 bits per heavy atom. The second-order valence-corrected chi connectivity index (χ2v) is 5.10. The fraction of sp³-hybridized carbons (Fsp3) is 0.400. The Kier molecular flexibility index (Phi) is 4.22. The first kappa shape index (κ1) is 13.6. The van der Waals surface area contributed by atoms with E-state index in [0.29, 0.717) is 19.5 Å². The van der Waals surface area contributed by atoms with Gasteiger partial charge < -0.3 is 15.6 Å². The molecule has 0 saturated heterocycles. The van der Waals surface area contributed by atoms with E-state index < -0.39 is 0 Å². The van der Waals surface area contributed by atoms with Crippen LogP contribution in [0.4, 0.5) is 0 Å². The molecule has 1 aromatic carbocycles. The molecule has 0 fully saturated rings. The first-order chi connectivity index (χ1) is 9.11. The number of para-hydroxylation sites is 1. The van der Waals surface area contributed by atoms with Gasteiger partial charge >= 0.3 is 0 Å². The number of aromatic nitrogens is 1. The first-order valence-electron chi connectivity index (χ1n) is 6.61. The van der Waals surface area contributed by atoms with Crippen LogP contribution in [0.2, 0.25) is 0 Å². The number of nitrogens with one attached hydrogen (secondary N) is 1. The van der Waals surface area contributed by atoms with Gasteiger partial charge in [-0.15, -0.1) is 0 Å². The van der Waals surface area contributed by atoms with Crippen molar-refractivity contribution in [2.45, 2.75) is 19.9 Å². The SMILES string of the molecule is CC(CN)CC(=O)NCc1cn(C)c2ccccc12. The highest BCUT2D eigenvalue weighted by Gasteiger charge is 2.09. The van der Waals surface area contributed by atoms with Gasteiger partial charge in [0.1, 0.15) is 0 Å². The number of nitrogens with zero attached hydrogens (tertiary/aromatic N) is 1. The zero-order valence-corrected chi connectivity index (χ0v) is 11.5. The molecule has 0 aliphatic carbocycles. The van der Waals surface area contributed by atoms with Crippen molar-refractivity contribution in [3.05, 3.63) is 36.0 Å². The van der Waals surface area contributed by atoms with Crippen LogP contribution >= 0.6 is 0 Å². The van der Waals surface area contributed by atoms with E-state index in [2.05, 4.69) is 28.2 Å². The minimum atomic E-state index is 0.0610. The van der Waals surface area contributed by atoms with E-state index in [1.807, 2.05) is 26.1 Å². The molecule has 1 aromatic heterocycles. The number of hydrogen-bond acceptors (Lipinski definition) is 2. The van der Waals surface area contributed by atoms with E-state index in [1.165, 1.54) is 10.9 Å². The van der Waals surface area contributed by atoms with E-state index in [1.54, 1.807) is 0 Å². The maximum Gasteiger partial charge on any atom is 0.220 e. The Bertz CT molecular complexity index is 574. The molecule has 3 N–H and O–H groups in total. The summed E-state index contributed by atoms with van der Waals surface area (Å²) in [5.74, 6) is 0.290. The fourth-order valence-corrected chi connectivity index (χ4v) is 2.23. The van der Waals surface area contributed by atoms with Gasteiger partial charge in [0.15, 0.2) is 0 Å². The average Bonchev–Trinajstić information content (AvgIpc) is 2.74. The van der Waals surface area contributed by atoms with E-state index in [-0.39, 0.29) is 11.8 Å². The molecule has 0 aliphatic heterocycles. The number of aryl methyl sites for hydroxylation is 1. The molecule has 0 saturated carbocycles. The van der Waals surface area contributed by atoms with E-state index >= 15 is 0 Å². The van der Waals surface area contributed by atoms with Crippen molar-refractivity contribution in [2.24, 2.45) is 18.7 Å². The molecule has 2 rings (SSSR count). The van der Waals surface area contributed by atoms with E-state index in [9.17, 15) is 4.79 Å². The molecule has 1 unspecified atom stereocenters. The zero-order chi connectivity index (χ0) is 13.8. The van der Waals surface area contributed by atoms with Crippen molar-refractivity contribution in [3.8, 4) is 0 Å². The van der Waals surface area contributed by atoms with E-state index in [4.69, 9.17) is 5.73 Å². The predicted molar refractivity (Wildman–Crippen MR) is 77.6 cm³/mol. The third-order valence-electron chi connectivity index (χ3n) is 3.39. The third kappa shape index (κ3) is 3.15. The maximum absolute atomic E-state index is 11.8. The van der Waals surface area contributed by atoms with Gasteiger partial charge in [0.05, 0.1) is 0 Å². The quantitative estimate of drug-likeness (QED) is 0.860. The zero-order valence-electron chi connectivity index (χ0n) is 11.5. The molecule has 4 nitrogen and oxygen atoms in total. The van der Waals surface area contributed by atoms with Crippen LogP contribution in [0.5, 0.6) is 0 Å². The Morgan fingerprint density at radius 3 is 2.89 bits per heavy atom. The summed E-state index contributed by atoms with van der Waals surface area (Å²) in [6, 6.07) is 8.20. The number of nitrogens with two attached hydrogens (primary N) is 1. The number of amides is 1. The van der Waals surface area contributed by atoms with Gasteiger partial charge in [-0.2, -0.15) is 0 Å². The lowest BCUT2D eigenvalue weighted by Gasteiger charge is -2.08. The average molecular weight is 259 g/mol. The van der Waals surface area contributed by atoms with Crippen molar-refractivity contribution < 1.29 is 4.79 Å². The summed E-state index contributed by atoms with van der Waals surface area (Å²) in [5, 5.41) is 4.15. The monoisotopic (exact) mass is 259 g/mol. The summed E-state index contributed by atoms with van der Waals surface area (Å²) in [6.45, 7) is 3.09. The lowest BCUT2D eigenvalue weighted by Crippen LogP contribution is -2.26. The molecule has 19 heavy (non-hydrogen) atoms. The first-order valence-corrected chi connectivity index (χ1v) is 6.61. The number of carbonyl (C=O) groups excluding carboxylic acids is 1. The lowest BCUT2D eigenvalue weighted by molar-refractivity contribution is -0.122. The number of fused-ring (bicyclic) bond motifs is 1. The van der Waals surface area contributed by atoms with Gasteiger partial charge in [-0.3, -0.25) is 4.79 Å². The Labute approximate surface area is 113 Å². The molecule has 1 amide bonds.